The van der Waals surface area contributed by atoms with Crippen LogP contribution in [0.25, 0.3) is 0 Å². The summed E-state index contributed by atoms with van der Waals surface area (Å²) in [6, 6.07) is 18.6. The van der Waals surface area contributed by atoms with Crippen LogP contribution >= 0.6 is 0 Å². The van der Waals surface area contributed by atoms with Crippen molar-refractivity contribution in [3.63, 3.8) is 0 Å². The van der Waals surface area contributed by atoms with Crippen molar-refractivity contribution in [2.24, 2.45) is 0 Å². The minimum atomic E-state index is -0.514. The van der Waals surface area contributed by atoms with Crippen LogP contribution in [0.5, 0.6) is 11.5 Å². The zero-order valence-corrected chi connectivity index (χ0v) is 16.5. The SMILES string of the molecule is CN(C(=O)c1cccc(N2CC(=O)NC2=O)c1)c1ccc(Oc2ccc(F)cc2)cc1. The van der Waals surface area contributed by atoms with Gasteiger partial charge in [0.15, 0.2) is 0 Å². The number of urea groups is 1. The van der Waals surface area contributed by atoms with Gasteiger partial charge in [-0.05, 0) is 66.7 Å². The van der Waals surface area contributed by atoms with E-state index >= 15 is 0 Å². The first-order chi connectivity index (χ1) is 14.9. The molecule has 0 atom stereocenters. The van der Waals surface area contributed by atoms with Crippen molar-refractivity contribution in [1.29, 1.82) is 0 Å². The Morgan fingerprint density at radius 1 is 1.00 bits per heavy atom. The molecule has 1 heterocycles. The van der Waals surface area contributed by atoms with Crippen molar-refractivity contribution in [2.45, 2.75) is 0 Å². The number of carbonyl (C=O) groups is 3. The highest BCUT2D eigenvalue weighted by molar-refractivity contribution is 6.13. The Bertz CT molecular complexity index is 1150. The Morgan fingerprint density at radius 2 is 1.65 bits per heavy atom. The molecule has 1 aliphatic heterocycles. The third-order valence-electron chi connectivity index (χ3n) is 4.78. The monoisotopic (exact) mass is 419 g/mol. The van der Waals surface area contributed by atoms with E-state index < -0.39 is 6.03 Å². The maximum atomic E-state index is 13.0. The van der Waals surface area contributed by atoms with Gasteiger partial charge in [0, 0.05) is 24.0 Å². The molecule has 0 unspecified atom stereocenters. The van der Waals surface area contributed by atoms with E-state index in [1.165, 1.54) is 34.1 Å². The molecule has 0 spiro atoms. The van der Waals surface area contributed by atoms with Crippen molar-refractivity contribution in [3.05, 3.63) is 84.2 Å². The van der Waals surface area contributed by atoms with E-state index in [4.69, 9.17) is 4.74 Å². The molecule has 7 nitrogen and oxygen atoms in total. The number of halogens is 1. The molecule has 4 amide bonds. The van der Waals surface area contributed by atoms with Crippen molar-refractivity contribution in [3.8, 4) is 11.5 Å². The number of hydrogen-bond acceptors (Lipinski definition) is 4. The van der Waals surface area contributed by atoms with Gasteiger partial charge < -0.3 is 9.64 Å². The van der Waals surface area contributed by atoms with Gasteiger partial charge >= 0.3 is 6.03 Å². The minimum Gasteiger partial charge on any atom is -0.457 e. The van der Waals surface area contributed by atoms with E-state index in [1.807, 2.05) is 0 Å². The second kappa shape index (κ2) is 8.27. The maximum Gasteiger partial charge on any atom is 0.329 e. The lowest BCUT2D eigenvalue weighted by molar-refractivity contribution is -0.117. The lowest BCUT2D eigenvalue weighted by Crippen LogP contribution is -2.29. The van der Waals surface area contributed by atoms with Crippen molar-refractivity contribution < 1.29 is 23.5 Å². The summed E-state index contributed by atoms with van der Waals surface area (Å²) >= 11 is 0. The Labute approximate surface area is 177 Å². The molecule has 1 fully saturated rings. The second-order valence-corrected chi connectivity index (χ2v) is 6.90. The number of imide groups is 1. The number of nitrogens with zero attached hydrogens (tertiary/aromatic N) is 2. The summed E-state index contributed by atoms with van der Waals surface area (Å²) in [5, 5.41) is 2.21. The lowest BCUT2D eigenvalue weighted by Gasteiger charge is -2.19. The van der Waals surface area contributed by atoms with Gasteiger partial charge in [-0.1, -0.05) is 6.07 Å². The summed E-state index contributed by atoms with van der Waals surface area (Å²) in [6.07, 6.45) is 0. The lowest BCUT2D eigenvalue weighted by atomic mass is 10.1. The summed E-state index contributed by atoms with van der Waals surface area (Å²) < 4.78 is 18.7. The third kappa shape index (κ3) is 4.37. The highest BCUT2D eigenvalue weighted by Gasteiger charge is 2.28. The van der Waals surface area contributed by atoms with Crippen LogP contribution in [0.2, 0.25) is 0 Å². The largest absolute Gasteiger partial charge is 0.457 e. The molecular weight excluding hydrogens is 401 g/mol. The summed E-state index contributed by atoms with van der Waals surface area (Å²) in [5.41, 5.74) is 1.47. The predicted molar refractivity (Wildman–Crippen MR) is 113 cm³/mol. The number of ether oxygens (including phenoxy) is 1. The second-order valence-electron chi connectivity index (χ2n) is 6.90. The number of anilines is 2. The molecule has 4 rings (SSSR count). The summed E-state index contributed by atoms with van der Waals surface area (Å²) in [5.74, 6) is 0.0355. The molecule has 1 N–H and O–H groups in total. The van der Waals surface area contributed by atoms with Gasteiger partial charge in [-0.2, -0.15) is 0 Å². The smallest absolute Gasteiger partial charge is 0.329 e. The first-order valence-corrected chi connectivity index (χ1v) is 9.44. The summed E-state index contributed by atoms with van der Waals surface area (Å²) in [7, 11) is 1.64. The molecule has 1 aliphatic rings. The molecule has 8 heteroatoms. The minimum absolute atomic E-state index is 0.0815. The Balaban J connectivity index is 1.48. The molecule has 0 radical (unpaired) electrons. The van der Waals surface area contributed by atoms with E-state index in [0.29, 0.717) is 28.4 Å². The van der Waals surface area contributed by atoms with Crippen LogP contribution in [0.15, 0.2) is 72.8 Å². The van der Waals surface area contributed by atoms with Crippen LogP contribution in [-0.2, 0) is 4.79 Å². The number of hydrogen-bond donors (Lipinski definition) is 1. The topological polar surface area (TPSA) is 79.0 Å². The van der Waals surface area contributed by atoms with Crippen LogP contribution in [0.4, 0.5) is 20.6 Å². The molecule has 3 aromatic rings. The molecule has 0 aromatic heterocycles. The highest BCUT2D eigenvalue weighted by atomic mass is 19.1. The van der Waals surface area contributed by atoms with Gasteiger partial charge in [-0.3, -0.25) is 19.8 Å². The van der Waals surface area contributed by atoms with Crippen LogP contribution in [0.3, 0.4) is 0 Å². The number of benzene rings is 3. The standard InChI is InChI=1S/C23H18FN3O4/c1-26(17-7-11-20(12-8-17)31-19-9-5-16(24)6-10-19)22(29)15-3-2-4-18(13-15)27-14-21(28)25-23(27)30/h2-13H,14H2,1H3,(H,25,28,30). The molecule has 1 saturated heterocycles. The molecule has 0 bridgehead atoms. The van der Waals surface area contributed by atoms with E-state index in [1.54, 1.807) is 55.6 Å². The van der Waals surface area contributed by atoms with E-state index in [9.17, 15) is 18.8 Å². The van der Waals surface area contributed by atoms with Gasteiger partial charge in [-0.25, -0.2) is 9.18 Å². The highest BCUT2D eigenvalue weighted by Crippen LogP contribution is 2.26. The van der Waals surface area contributed by atoms with Crippen LogP contribution in [0, 0.1) is 5.82 Å². The quantitative estimate of drug-likeness (QED) is 0.635. The number of carbonyl (C=O) groups excluding carboxylic acids is 3. The van der Waals surface area contributed by atoms with Gasteiger partial charge in [0.2, 0.25) is 5.91 Å². The fraction of sp³-hybridized carbons (Fsp3) is 0.0870. The van der Waals surface area contributed by atoms with Gasteiger partial charge in [-0.15, -0.1) is 0 Å². The average molecular weight is 419 g/mol. The molecule has 0 saturated carbocycles. The first kappa shape index (κ1) is 20.1. The third-order valence-corrected chi connectivity index (χ3v) is 4.78. The molecule has 0 aliphatic carbocycles. The molecule has 156 valence electrons. The maximum absolute atomic E-state index is 13.0. The molecule has 31 heavy (non-hydrogen) atoms. The zero-order chi connectivity index (χ0) is 22.0. The van der Waals surface area contributed by atoms with Crippen molar-refractivity contribution >= 4 is 29.2 Å². The first-order valence-electron chi connectivity index (χ1n) is 9.44. The Hall–Kier alpha value is -4.20. The van der Waals surface area contributed by atoms with Crippen LogP contribution in [-0.4, -0.2) is 31.4 Å². The Kier molecular flexibility index (Phi) is 5.36. The van der Waals surface area contributed by atoms with Gasteiger partial charge in [0.05, 0.1) is 0 Å². The van der Waals surface area contributed by atoms with Crippen LogP contribution in [0.1, 0.15) is 10.4 Å². The van der Waals surface area contributed by atoms with E-state index in [2.05, 4.69) is 5.32 Å². The summed E-state index contributed by atoms with van der Waals surface area (Å²) in [4.78, 5) is 39.0. The fourth-order valence-corrected chi connectivity index (χ4v) is 3.14. The van der Waals surface area contributed by atoms with E-state index in [-0.39, 0.29) is 24.2 Å². The number of rotatable bonds is 5. The summed E-state index contributed by atoms with van der Waals surface area (Å²) in [6.45, 7) is -0.0815. The number of nitrogens with one attached hydrogen (secondary N) is 1. The van der Waals surface area contributed by atoms with Gasteiger partial charge in [0.25, 0.3) is 5.91 Å². The van der Waals surface area contributed by atoms with Crippen LogP contribution < -0.4 is 19.9 Å². The molecule has 3 aromatic carbocycles. The average Bonchev–Trinajstić information content (AvgIpc) is 3.13. The zero-order valence-electron chi connectivity index (χ0n) is 16.5. The van der Waals surface area contributed by atoms with Crippen molar-refractivity contribution in [1.82, 2.24) is 5.32 Å². The van der Waals surface area contributed by atoms with Gasteiger partial charge in [0.1, 0.15) is 23.9 Å². The normalized spacial score (nSPS) is 13.2. The molecular formula is C23H18FN3O4. The number of amides is 4. The van der Waals surface area contributed by atoms with Crippen molar-refractivity contribution in [2.75, 3.05) is 23.4 Å². The predicted octanol–water partition coefficient (Wildman–Crippen LogP) is 3.95. The van der Waals surface area contributed by atoms with E-state index in [0.717, 1.165) is 0 Å². The fourth-order valence-electron chi connectivity index (χ4n) is 3.14. The Morgan fingerprint density at radius 3 is 2.26 bits per heavy atom.